The Hall–Kier alpha value is -3.06. The van der Waals surface area contributed by atoms with Crippen LogP contribution in [-0.4, -0.2) is 28.7 Å². The summed E-state index contributed by atoms with van der Waals surface area (Å²) in [6.45, 7) is 4.71. The van der Waals surface area contributed by atoms with Crippen molar-refractivity contribution in [2.75, 3.05) is 13.2 Å². The second-order valence-corrected chi connectivity index (χ2v) is 7.33. The zero-order valence-electron chi connectivity index (χ0n) is 17.7. The molecule has 0 aliphatic rings. The maximum Gasteiger partial charge on any atom is 0.252 e. The summed E-state index contributed by atoms with van der Waals surface area (Å²) in [6.07, 6.45) is 4.23. The van der Waals surface area contributed by atoms with Crippen LogP contribution in [-0.2, 0) is 7.05 Å². The number of carbonyl (C=O) groups excluding carboxylic acids is 1. The Balaban J connectivity index is 1.94. The number of ether oxygens (including phenoxy) is 2. The van der Waals surface area contributed by atoms with E-state index in [1.807, 2.05) is 20.9 Å². The third-order valence-corrected chi connectivity index (χ3v) is 4.90. The van der Waals surface area contributed by atoms with Gasteiger partial charge in [0.1, 0.15) is 17.7 Å². The number of nitrogens with one attached hydrogen (secondary N) is 1. The molecule has 3 aromatic rings. The van der Waals surface area contributed by atoms with Crippen molar-refractivity contribution in [3.63, 3.8) is 0 Å². The Kier molecular flexibility index (Phi) is 7.52. The standard InChI is InChI=1S/C23H25ClFN3O3/c1-4-12-31-21-18(24)13-16(14-19(21)30-5-2)23(29)27-20(22-26-10-11-28(22)3)15-6-8-17(25)9-7-15/h6-11,13-14,20H,4-5,12H2,1-3H3,(H,27,29). The Morgan fingerprint density at radius 1 is 1.23 bits per heavy atom. The Bertz CT molecular complexity index is 1040. The summed E-state index contributed by atoms with van der Waals surface area (Å²) >= 11 is 6.40. The first-order chi connectivity index (χ1) is 14.9. The van der Waals surface area contributed by atoms with Crippen molar-refractivity contribution in [1.82, 2.24) is 14.9 Å². The van der Waals surface area contributed by atoms with Crippen LogP contribution in [0.2, 0.25) is 5.02 Å². The molecule has 0 saturated carbocycles. The van der Waals surface area contributed by atoms with Crippen molar-refractivity contribution in [1.29, 1.82) is 0 Å². The maximum atomic E-state index is 13.4. The van der Waals surface area contributed by atoms with Gasteiger partial charge in [0, 0.05) is 25.0 Å². The monoisotopic (exact) mass is 445 g/mol. The lowest BCUT2D eigenvalue weighted by atomic mass is 10.0. The van der Waals surface area contributed by atoms with E-state index in [2.05, 4.69) is 10.3 Å². The lowest BCUT2D eigenvalue weighted by molar-refractivity contribution is 0.0940. The minimum Gasteiger partial charge on any atom is -0.490 e. The van der Waals surface area contributed by atoms with Crippen LogP contribution < -0.4 is 14.8 Å². The van der Waals surface area contributed by atoms with Crippen LogP contribution in [0.25, 0.3) is 0 Å². The quantitative estimate of drug-likeness (QED) is 0.507. The molecule has 3 rings (SSSR count). The molecule has 1 unspecified atom stereocenters. The number of halogens is 2. The van der Waals surface area contributed by atoms with Gasteiger partial charge < -0.3 is 19.4 Å². The third kappa shape index (κ3) is 5.35. The molecule has 0 fully saturated rings. The van der Waals surface area contributed by atoms with Crippen molar-refractivity contribution < 1.29 is 18.7 Å². The predicted molar refractivity (Wildman–Crippen MR) is 117 cm³/mol. The summed E-state index contributed by atoms with van der Waals surface area (Å²) in [6, 6.07) is 8.51. The highest BCUT2D eigenvalue weighted by atomic mass is 35.5. The molecule has 6 nitrogen and oxygen atoms in total. The molecule has 0 bridgehead atoms. The number of hydrogen-bond donors (Lipinski definition) is 1. The van der Waals surface area contributed by atoms with Crippen molar-refractivity contribution >= 4 is 17.5 Å². The van der Waals surface area contributed by atoms with Gasteiger partial charge in [-0.3, -0.25) is 4.79 Å². The molecule has 0 saturated heterocycles. The molecule has 1 atom stereocenters. The molecule has 0 spiro atoms. The van der Waals surface area contributed by atoms with Gasteiger partial charge in [-0.25, -0.2) is 9.37 Å². The molecular weight excluding hydrogens is 421 g/mol. The number of aryl methyl sites for hydroxylation is 1. The average Bonchev–Trinajstić information content (AvgIpc) is 3.17. The molecule has 2 aromatic carbocycles. The van der Waals surface area contributed by atoms with Crippen LogP contribution >= 0.6 is 11.6 Å². The molecule has 1 aromatic heterocycles. The molecule has 0 radical (unpaired) electrons. The Morgan fingerprint density at radius 2 is 1.97 bits per heavy atom. The van der Waals surface area contributed by atoms with Crippen molar-refractivity contribution in [2.45, 2.75) is 26.3 Å². The van der Waals surface area contributed by atoms with Gasteiger partial charge in [-0.15, -0.1) is 0 Å². The predicted octanol–water partition coefficient (Wildman–Crippen LogP) is 4.92. The first-order valence-electron chi connectivity index (χ1n) is 10.1. The fourth-order valence-corrected chi connectivity index (χ4v) is 3.39. The van der Waals surface area contributed by atoms with Crippen LogP contribution in [0.3, 0.4) is 0 Å². The maximum absolute atomic E-state index is 13.4. The molecule has 1 heterocycles. The van der Waals surface area contributed by atoms with Gasteiger partial charge in [0.2, 0.25) is 0 Å². The highest BCUT2D eigenvalue weighted by molar-refractivity contribution is 6.32. The van der Waals surface area contributed by atoms with E-state index in [9.17, 15) is 9.18 Å². The van der Waals surface area contributed by atoms with Crippen LogP contribution in [0, 0.1) is 5.82 Å². The van der Waals surface area contributed by atoms with Gasteiger partial charge in [-0.2, -0.15) is 0 Å². The second-order valence-electron chi connectivity index (χ2n) is 6.92. The van der Waals surface area contributed by atoms with Crippen LogP contribution in [0.1, 0.15) is 48.1 Å². The largest absolute Gasteiger partial charge is 0.490 e. The Labute approximate surface area is 186 Å². The fraction of sp³-hybridized carbons (Fsp3) is 0.304. The van der Waals surface area contributed by atoms with Gasteiger partial charge in [0.25, 0.3) is 5.91 Å². The van der Waals surface area contributed by atoms with Gasteiger partial charge in [0.15, 0.2) is 11.5 Å². The zero-order valence-corrected chi connectivity index (χ0v) is 18.4. The molecule has 8 heteroatoms. The smallest absolute Gasteiger partial charge is 0.252 e. The van der Waals surface area contributed by atoms with Crippen LogP contribution in [0.15, 0.2) is 48.8 Å². The number of aromatic nitrogens is 2. The van der Waals surface area contributed by atoms with E-state index in [1.165, 1.54) is 12.1 Å². The SMILES string of the molecule is CCCOc1c(Cl)cc(C(=O)NC(c2ccc(F)cc2)c2nccn2C)cc1OCC. The average molecular weight is 446 g/mol. The van der Waals surface area contributed by atoms with Crippen LogP contribution in [0.5, 0.6) is 11.5 Å². The molecule has 31 heavy (non-hydrogen) atoms. The molecule has 0 aliphatic heterocycles. The number of nitrogens with zero attached hydrogens (tertiary/aromatic N) is 2. The highest BCUT2D eigenvalue weighted by Crippen LogP contribution is 2.37. The third-order valence-electron chi connectivity index (χ3n) is 4.62. The number of amides is 1. The normalized spacial score (nSPS) is 11.8. The molecule has 0 aliphatic carbocycles. The van der Waals surface area contributed by atoms with E-state index in [1.54, 1.807) is 41.2 Å². The van der Waals surface area contributed by atoms with Gasteiger partial charge in [-0.05, 0) is 43.2 Å². The minimum atomic E-state index is -0.585. The van der Waals surface area contributed by atoms with Gasteiger partial charge in [0.05, 0.1) is 18.2 Å². The number of benzene rings is 2. The number of carbonyl (C=O) groups is 1. The molecular formula is C23H25ClFN3O3. The summed E-state index contributed by atoms with van der Waals surface area (Å²) in [5.41, 5.74) is 1.02. The van der Waals surface area contributed by atoms with Crippen molar-refractivity contribution in [2.24, 2.45) is 7.05 Å². The van der Waals surface area contributed by atoms with Crippen molar-refractivity contribution in [3.05, 3.63) is 76.6 Å². The summed E-state index contributed by atoms with van der Waals surface area (Å²) < 4.78 is 26.6. The topological polar surface area (TPSA) is 65.4 Å². The van der Waals surface area contributed by atoms with Gasteiger partial charge >= 0.3 is 0 Å². The minimum absolute atomic E-state index is 0.292. The van der Waals surface area contributed by atoms with E-state index < -0.39 is 6.04 Å². The van der Waals surface area contributed by atoms with E-state index in [-0.39, 0.29) is 11.7 Å². The first kappa shape index (κ1) is 22.6. The lowest BCUT2D eigenvalue weighted by Gasteiger charge is -2.20. The summed E-state index contributed by atoms with van der Waals surface area (Å²) in [7, 11) is 1.83. The van der Waals surface area contributed by atoms with E-state index in [0.717, 1.165) is 6.42 Å². The second kappa shape index (κ2) is 10.3. The summed E-state index contributed by atoms with van der Waals surface area (Å²) in [5.74, 6) is 0.704. The van der Waals surface area contributed by atoms with E-state index in [4.69, 9.17) is 21.1 Å². The summed E-state index contributed by atoms with van der Waals surface area (Å²) in [5, 5.41) is 3.26. The lowest BCUT2D eigenvalue weighted by Crippen LogP contribution is -2.31. The van der Waals surface area contributed by atoms with Crippen molar-refractivity contribution in [3.8, 4) is 11.5 Å². The van der Waals surface area contributed by atoms with E-state index in [0.29, 0.717) is 46.7 Å². The fourth-order valence-electron chi connectivity index (χ4n) is 3.13. The molecule has 1 N–H and O–H groups in total. The van der Waals surface area contributed by atoms with Crippen LogP contribution in [0.4, 0.5) is 4.39 Å². The van der Waals surface area contributed by atoms with Gasteiger partial charge in [-0.1, -0.05) is 30.7 Å². The molecule has 1 amide bonds. The number of hydrogen-bond acceptors (Lipinski definition) is 4. The number of imidazole rings is 1. The summed E-state index contributed by atoms with van der Waals surface area (Å²) in [4.78, 5) is 17.5. The highest BCUT2D eigenvalue weighted by Gasteiger charge is 2.23. The Morgan fingerprint density at radius 3 is 2.58 bits per heavy atom. The first-order valence-corrected chi connectivity index (χ1v) is 10.4. The number of rotatable bonds is 9. The van der Waals surface area contributed by atoms with E-state index >= 15 is 0 Å². The zero-order chi connectivity index (χ0) is 22.4. The molecule has 164 valence electrons.